The van der Waals surface area contributed by atoms with E-state index in [1.807, 2.05) is 6.07 Å². The summed E-state index contributed by atoms with van der Waals surface area (Å²) in [5.74, 6) is -1.28. The fourth-order valence-electron chi connectivity index (χ4n) is 1.83. The van der Waals surface area contributed by atoms with Gasteiger partial charge >= 0.3 is 0 Å². The third-order valence-corrected chi connectivity index (χ3v) is 4.85. The van der Waals surface area contributed by atoms with Crippen molar-refractivity contribution >= 4 is 15.7 Å². The normalized spacial score (nSPS) is 13.2. The lowest BCUT2D eigenvalue weighted by Crippen LogP contribution is -2.35. The summed E-state index contributed by atoms with van der Waals surface area (Å²) in [4.78, 5) is -0.443. The molecule has 110 valence electrons. The molecular formula is C13H18FN3O2S. The van der Waals surface area contributed by atoms with Crippen molar-refractivity contribution in [3.05, 3.63) is 23.5 Å². The number of sulfonamides is 1. The second kappa shape index (κ2) is 6.20. The van der Waals surface area contributed by atoms with E-state index >= 15 is 0 Å². The van der Waals surface area contributed by atoms with Gasteiger partial charge in [0.25, 0.3) is 0 Å². The summed E-state index contributed by atoms with van der Waals surface area (Å²) < 4.78 is 40.1. The second-order valence-electron chi connectivity index (χ2n) is 4.64. The van der Waals surface area contributed by atoms with E-state index in [1.54, 1.807) is 13.8 Å². The molecule has 0 amide bonds. The Morgan fingerprint density at radius 2 is 2.10 bits per heavy atom. The van der Waals surface area contributed by atoms with Gasteiger partial charge < -0.3 is 5.73 Å². The minimum absolute atomic E-state index is 0.0165. The van der Waals surface area contributed by atoms with E-state index < -0.39 is 26.7 Å². The third kappa shape index (κ3) is 3.26. The zero-order valence-corrected chi connectivity index (χ0v) is 12.5. The molecule has 1 rings (SSSR count). The summed E-state index contributed by atoms with van der Waals surface area (Å²) in [6.07, 6.45) is 0. The van der Waals surface area contributed by atoms with E-state index in [0.29, 0.717) is 0 Å². The number of aryl methyl sites for hydroxylation is 1. The lowest BCUT2D eigenvalue weighted by molar-refractivity contribution is 0.396. The third-order valence-electron chi connectivity index (χ3n) is 2.91. The molecule has 0 spiro atoms. The number of nitrogens with two attached hydrogens (primary N) is 1. The van der Waals surface area contributed by atoms with E-state index in [2.05, 4.69) is 0 Å². The first-order valence-corrected chi connectivity index (χ1v) is 7.63. The number of anilines is 1. The molecule has 0 radical (unpaired) electrons. The SMILES string of the molecule is CCN(CC(C)C#N)S(=O)(=O)c1cc(N)cc(C)c1F. The molecule has 1 aromatic carbocycles. The Balaban J connectivity index is 3.32. The van der Waals surface area contributed by atoms with Gasteiger partial charge in [-0.2, -0.15) is 9.57 Å². The molecule has 1 aromatic rings. The van der Waals surface area contributed by atoms with E-state index in [1.165, 1.54) is 13.0 Å². The first-order valence-electron chi connectivity index (χ1n) is 6.19. The Hall–Kier alpha value is -1.65. The molecule has 0 aliphatic heterocycles. The van der Waals surface area contributed by atoms with Crippen LogP contribution in [0.25, 0.3) is 0 Å². The Kier molecular flexibility index (Phi) is 5.09. The summed E-state index contributed by atoms with van der Waals surface area (Å²) in [6, 6.07) is 4.45. The smallest absolute Gasteiger partial charge is 0.246 e. The lowest BCUT2D eigenvalue weighted by Gasteiger charge is -2.22. The van der Waals surface area contributed by atoms with Crippen LogP contribution in [-0.2, 0) is 10.0 Å². The molecule has 0 aliphatic carbocycles. The van der Waals surface area contributed by atoms with Crippen LogP contribution in [0.2, 0.25) is 0 Å². The largest absolute Gasteiger partial charge is 0.399 e. The highest BCUT2D eigenvalue weighted by molar-refractivity contribution is 7.89. The predicted octanol–water partition coefficient (Wildman–Crippen LogP) is 1.89. The van der Waals surface area contributed by atoms with E-state index in [4.69, 9.17) is 11.0 Å². The maximum absolute atomic E-state index is 14.1. The zero-order valence-electron chi connectivity index (χ0n) is 11.7. The zero-order chi connectivity index (χ0) is 15.5. The monoisotopic (exact) mass is 299 g/mol. The van der Waals surface area contributed by atoms with E-state index in [0.717, 1.165) is 10.4 Å². The molecule has 0 heterocycles. The summed E-state index contributed by atoms with van der Waals surface area (Å²) in [6.45, 7) is 4.88. The van der Waals surface area contributed by atoms with Crippen LogP contribution < -0.4 is 5.73 Å². The van der Waals surface area contributed by atoms with Gasteiger partial charge in [-0.05, 0) is 31.5 Å². The van der Waals surface area contributed by atoms with E-state index in [9.17, 15) is 12.8 Å². The second-order valence-corrected chi connectivity index (χ2v) is 6.54. The van der Waals surface area contributed by atoms with Crippen molar-refractivity contribution in [3.63, 3.8) is 0 Å². The molecule has 0 aliphatic rings. The molecule has 5 nitrogen and oxygen atoms in total. The number of benzene rings is 1. The van der Waals surface area contributed by atoms with Crippen LogP contribution in [0.3, 0.4) is 0 Å². The van der Waals surface area contributed by atoms with Crippen LogP contribution >= 0.6 is 0 Å². The molecule has 0 saturated carbocycles. The molecule has 1 atom stereocenters. The maximum Gasteiger partial charge on any atom is 0.246 e. The molecular weight excluding hydrogens is 281 g/mol. The van der Waals surface area contributed by atoms with Crippen molar-refractivity contribution in [1.29, 1.82) is 5.26 Å². The van der Waals surface area contributed by atoms with Gasteiger partial charge in [0.2, 0.25) is 10.0 Å². The Labute approximate surface area is 118 Å². The molecule has 0 bridgehead atoms. The highest BCUT2D eigenvalue weighted by Crippen LogP contribution is 2.25. The number of nitrogens with zero attached hydrogens (tertiary/aromatic N) is 2. The van der Waals surface area contributed by atoms with E-state index in [-0.39, 0.29) is 24.3 Å². The molecule has 0 saturated heterocycles. The summed E-state index contributed by atoms with van der Waals surface area (Å²) in [5, 5.41) is 8.79. The van der Waals surface area contributed by atoms with Crippen LogP contribution in [0, 0.1) is 30.0 Å². The van der Waals surface area contributed by atoms with Crippen molar-refractivity contribution in [2.75, 3.05) is 18.8 Å². The Morgan fingerprint density at radius 3 is 2.60 bits per heavy atom. The molecule has 0 aromatic heterocycles. The number of nitrogen functional groups attached to an aromatic ring is 1. The number of halogens is 1. The van der Waals surface area contributed by atoms with Gasteiger partial charge in [0.15, 0.2) is 0 Å². The summed E-state index contributed by atoms with van der Waals surface area (Å²) in [5.41, 5.74) is 5.95. The minimum atomic E-state index is -4.00. The fourth-order valence-corrected chi connectivity index (χ4v) is 3.54. The van der Waals surface area contributed by atoms with Crippen LogP contribution in [0.4, 0.5) is 10.1 Å². The predicted molar refractivity (Wildman–Crippen MR) is 74.8 cm³/mol. The maximum atomic E-state index is 14.1. The van der Waals surface area contributed by atoms with Gasteiger partial charge in [0, 0.05) is 18.8 Å². The average Bonchev–Trinajstić information content (AvgIpc) is 2.39. The first kappa shape index (κ1) is 16.4. The molecule has 2 N–H and O–H groups in total. The lowest BCUT2D eigenvalue weighted by atomic mass is 10.2. The Morgan fingerprint density at radius 1 is 1.50 bits per heavy atom. The van der Waals surface area contributed by atoms with Gasteiger partial charge in [0.05, 0.1) is 12.0 Å². The highest BCUT2D eigenvalue weighted by atomic mass is 32.2. The summed E-state index contributed by atoms with van der Waals surface area (Å²) >= 11 is 0. The number of hydrogen-bond acceptors (Lipinski definition) is 4. The first-order chi connectivity index (χ1) is 9.23. The molecule has 1 unspecified atom stereocenters. The Bertz CT molecular complexity index is 638. The van der Waals surface area contributed by atoms with Crippen LogP contribution in [-0.4, -0.2) is 25.8 Å². The van der Waals surface area contributed by atoms with Crippen molar-refractivity contribution in [1.82, 2.24) is 4.31 Å². The standard InChI is InChI=1S/C13H18FN3O2S/c1-4-17(8-9(2)7-15)20(18,19)12-6-11(16)5-10(3)13(12)14/h5-6,9H,4,8,16H2,1-3H3. The average molecular weight is 299 g/mol. The number of hydrogen-bond donors (Lipinski definition) is 1. The van der Waals surface area contributed by atoms with Crippen LogP contribution in [0.5, 0.6) is 0 Å². The van der Waals surface area contributed by atoms with Gasteiger partial charge in [-0.1, -0.05) is 6.92 Å². The van der Waals surface area contributed by atoms with Crippen LogP contribution in [0.15, 0.2) is 17.0 Å². The topological polar surface area (TPSA) is 87.2 Å². The van der Waals surface area contributed by atoms with Gasteiger partial charge in [0.1, 0.15) is 10.7 Å². The van der Waals surface area contributed by atoms with Gasteiger partial charge in [-0.3, -0.25) is 0 Å². The van der Waals surface area contributed by atoms with Crippen molar-refractivity contribution in [3.8, 4) is 6.07 Å². The van der Waals surface area contributed by atoms with Gasteiger partial charge in [-0.15, -0.1) is 0 Å². The van der Waals surface area contributed by atoms with Crippen molar-refractivity contribution in [2.45, 2.75) is 25.7 Å². The quantitative estimate of drug-likeness (QED) is 0.841. The van der Waals surface area contributed by atoms with Gasteiger partial charge in [-0.25, -0.2) is 12.8 Å². The minimum Gasteiger partial charge on any atom is -0.399 e. The molecule has 0 fully saturated rings. The highest BCUT2D eigenvalue weighted by Gasteiger charge is 2.28. The van der Waals surface area contributed by atoms with Crippen molar-refractivity contribution in [2.24, 2.45) is 5.92 Å². The summed E-state index contributed by atoms with van der Waals surface area (Å²) in [7, 11) is -4.00. The number of rotatable bonds is 5. The molecule has 20 heavy (non-hydrogen) atoms. The van der Waals surface area contributed by atoms with Crippen molar-refractivity contribution < 1.29 is 12.8 Å². The molecule has 7 heteroatoms. The fraction of sp³-hybridized carbons (Fsp3) is 0.462. The van der Waals surface area contributed by atoms with Crippen LogP contribution in [0.1, 0.15) is 19.4 Å². The number of nitriles is 1.